The van der Waals surface area contributed by atoms with Gasteiger partial charge >= 0.3 is 6.09 Å². The Kier molecular flexibility index (Phi) is 5.13. The molecule has 3 amide bonds. The second-order valence-corrected chi connectivity index (χ2v) is 8.85. The van der Waals surface area contributed by atoms with E-state index in [-0.39, 0.29) is 6.54 Å². The molecule has 9 heteroatoms. The Labute approximate surface area is 153 Å². The molecule has 2 heterocycles. The highest BCUT2D eigenvalue weighted by Crippen LogP contribution is 2.38. The molecule has 2 fully saturated rings. The first kappa shape index (κ1) is 20.6. The van der Waals surface area contributed by atoms with Crippen LogP contribution in [-0.2, 0) is 19.1 Å². The third-order valence-corrected chi connectivity index (χ3v) is 4.34. The fraction of sp³-hybridized carbons (Fsp3) is 0.824. The number of hydrogen-bond donors (Lipinski definition) is 3. The molecule has 0 saturated carbocycles. The minimum atomic E-state index is -1.36. The number of aliphatic hydroxyl groups excluding tert-OH is 1. The van der Waals surface area contributed by atoms with E-state index in [1.165, 1.54) is 0 Å². The highest BCUT2D eigenvalue weighted by Gasteiger charge is 2.65. The van der Waals surface area contributed by atoms with E-state index in [9.17, 15) is 19.5 Å². The van der Waals surface area contributed by atoms with Crippen LogP contribution in [0, 0.1) is 5.92 Å². The standard InChI is InChI=1S/C17H29N3O6/c1-9-10(18-13(23)25-15(2,3)4)11(21)19-17(9)8-20(12(17)22)14(24)26-16(5,6)7/h9-10,13,18,23H,8H2,1-7H3,(H,19,21)/t9-,10+,13?,17?/m1/s1. The summed E-state index contributed by atoms with van der Waals surface area (Å²) < 4.78 is 10.6. The molecular formula is C17H29N3O6. The number of β-lactam (4-membered cyclic amide) rings is 1. The van der Waals surface area contributed by atoms with E-state index in [1.54, 1.807) is 48.5 Å². The van der Waals surface area contributed by atoms with Crippen LogP contribution in [0.3, 0.4) is 0 Å². The van der Waals surface area contributed by atoms with Crippen molar-refractivity contribution in [1.82, 2.24) is 15.5 Å². The van der Waals surface area contributed by atoms with E-state index in [0.29, 0.717) is 0 Å². The molecule has 4 atom stereocenters. The molecule has 1 spiro atoms. The van der Waals surface area contributed by atoms with E-state index >= 15 is 0 Å². The lowest BCUT2D eigenvalue weighted by molar-refractivity contribution is -0.188. The molecular weight excluding hydrogens is 342 g/mol. The molecule has 148 valence electrons. The molecule has 2 saturated heterocycles. The molecule has 2 unspecified atom stereocenters. The average molecular weight is 371 g/mol. The zero-order valence-corrected chi connectivity index (χ0v) is 16.4. The summed E-state index contributed by atoms with van der Waals surface area (Å²) >= 11 is 0. The van der Waals surface area contributed by atoms with Gasteiger partial charge in [0, 0.05) is 5.92 Å². The number of aliphatic hydroxyl groups is 1. The third kappa shape index (κ3) is 3.99. The molecule has 9 nitrogen and oxygen atoms in total. The van der Waals surface area contributed by atoms with Crippen molar-refractivity contribution in [2.24, 2.45) is 5.92 Å². The van der Waals surface area contributed by atoms with Crippen molar-refractivity contribution >= 4 is 17.9 Å². The molecule has 0 aromatic heterocycles. The number of likely N-dealkylation sites (tertiary alicyclic amines) is 1. The third-order valence-electron chi connectivity index (χ3n) is 4.34. The molecule has 0 aliphatic carbocycles. The number of carbonyl (C=O) groups excluding carboxylic acids is 3. The van der Waals surface area contributed by atoms with E-state index in [0.717, 1.165) is 4.90 Å². The van der Waals surface area contributed by atoms with Gasteiger partial charge in [-0.1, -0.05) is 6.92 Å². The fourth-order valence-electron chi connectivity index (χ4n) is 3.10. The van der Waals surface area contributed by atoms with Crippen molar-refractivity contribution in [3.8, 4) is 0 Å². The van der Waals surface area contributed by atoms with Crippen LogP contribution in [0.25, 0.3) is 0 Å². The molecule has 0 radical (unpaired) electrons. The predicted molar refractivity (Wildman–Crippen MR) is 91.8 cm³/mol. The summed E-state index contributed by atoms with van der Waals surface area (Å²) in [4.78, 5) is 38.0. The van der Waals surface area contributed by atoms with Gasteiger partial charge in [-0.25, -0.2) is 9.69 Å². The van der Waals surface area contributed by atoms with Crippen molar-refractivity contribution < 1.29 is 29.0 Å². The topological polar surface area (TPSA) is 117 Å². The molecule has 2 rings (SSSR count). The van der Waals surface area contributed by atoms with Gasteiger partial charge in [0.2, 0.25) is 12.3 Å². The Balaban J connectivity index is 2.04. The van der Waals surface area contributed by atoms with E-state index in [2.05, 4.69) is 10.6 Å². The highest BCUT2D eigenvalue weighted by molar-refractivity contribution is 6.08. The minimum Gasteiger partial charge on any atom is -0.443 e. The van der Waals surface area contributed by atoms with Crippen molar-refractivity contribution in [2.75, 3.05) is 6.54 Å². The first-order valence-corrected chi connectivity index (χ1v) is 8.65. The lowest BCUT2D eigenvalue weighted by Crippen LogP contribution is -2.75. The van der Waals surface area contributed by atoms with Gasteiger partial charge in [-0.15, -0.1) is 0 Å². The first-order chi connectivity index (χ1) is 11.7. The normalized spacial score (nSPS) is 30.2. The minimum absolute atomic E-state index is 0.0298. The summed E-state index contributed by atoms with van der Waals surface area (Å²) in [5, 5.41) is 15.4. The predicted octanol–water partition coefficient (Wildman–Crippen LogP) is 0.318. The molecule has 3 N–H and O–H groups in total. The summed E-state index contributed by atoms with van der Waals surface area (Å²) in [6.07, 6.45) is -2.09. The van der Waals surface area contributed by atoms with Gasteiger partial charge in [-0.3, -0.25) is 14.9 Å². The number of carbonyl (C=O) groups is 3. The number of rotatable bonds is 3. The lowest BCUT2D eigenvalue weighted by Gasteiger charge is -2.47. The summed E-state index contributed by atoms with van der Waals surface area (Å²) in [6, 6.07) is -0.822. The Bertz CT molecular complexity index is 609. The summed E-state index contributed by atoms with van der Waals surface area (Å²) in [5.41, 5.74) is -2.50. The molecule has 0 bridgehead atoms. The number of nitrogens with one attached hydrogen (secondary N) is 2. The molecule has 0 aromatic carbocycles. The Hall–Kier alpha value is -1.71. The van der Waals surface area contributed by atoms with Crippen LogP contribution in [0.5, 0.6) is 0 Å². The van der Waals surface area contributed by atoms with Crippen molar-refractivity contribution in [3.05, 3.63) is 0 Å². The summed E-state index contributed by atoms with van der Waals surface area (Å²) in [6.45, 7) is 12.2. The molecule has 0 aromatic rings. The Morgan fingerprint density at radius 1 is 1.27 bits per heavy atom. The van der Waals surface area contributed by atoms with E-state index in [1.807, 2.05) is 0 Å². The van der Waals surface area contributed by atoms with Crippen LogP contribution < -0.4 is 10.6 Å². The average Bonchev–Trinajstić information content (AvgIpc) is 2.67. The maximum absolute atomic E-state index is 12.6. The van der Waals surface area contributed by atoms with Gasteiger partial charge in [0.15, 0.2) is 0 Å². The first-order valence-electron chi connectivity index (χ1n) is 8.65. The largest absolute Gasteiger partial charge is 0.443 e. The second-order valence-electron chi connectivity index (χ2n) is 8.85. The maximum Gasteiger partial charge on any atom is 0.417 e. The summed E-state index contributed by atoms with van der Waals surface area (Å²) in [5.74, 6) is -1.42. The van der Waals surface area contributed by atoms with Crippen molar-refractivity contribution in [3.63, 3.8) is 0 Å². The highest BCUT2D eigenvalue weighted by atomic mass is 16.6. The lowest BCUT2D eigenvalue weighted by atomic mass is 9.77. The van der Waals surface area contributed by atoms with E-state index in [4.69, 9.17) is 9.47 Å². The summed E-state index contributed by atoms with van der Waals surface area (Å²) in [7, 11) is 0. The Morgan fingerprint density at radius 2 is 1.85 bits per heavy atom. The van der Waals surface area contributed by atoms with Gasteiger partial charge in [0.1, 0.15) is 11.1 Å². The zero-order valence-electron chi connectivity index (χ0n) is 16.4. The number of hydrogen-bond acceptors (Lipinski definition) is 7. The van der Waals surface area contributed by atoms with Gasteiger partial charge < -0.3 is 19.9 Å². The van der Waals surface area contributed by atoms with Crippen LogP contribution in [0.15, 0.2) is 0 Å². The van der Waals surface area contributed by atoms with E-state index < -0.39 is 53.0 Å². The van der Waals surface area contributed by atoms with Gasteiger partial charge in [-0.2, -0.15) is 0 Å². The van der Waals surface area contributed by atoms with Crippen molar-refractivity contribution in [2.45, 2.75) is 77.7 Å². The van der Waals surface area contributed by atoms with Gasteiger partial charge in [-0.05, 0) is 41.5 Å². The van der Waals surface area contributed by atoms with Crippen LogP contribution in [0.1, 0.15) is 48.5 Å². The van der Waals surface area contributed by atoms with Gasteiger partial charge in [0.25, 0.3) is 5.91 Å². The van der Waals surface area contributed by atoms with Crippen LogP contribution in [0.2, 0.25) is 0 Å². The van der Waals surface area contributed by atoms with Gasteiger partial charge in [0.05, 0.1) is 18.2 Å². The quantitative estimate of drug-likeness (QED) is 0.483. The Morgan fingerprint density at radius 3 is 2.31 bits per heavy atom. The maximum atomic E-state index is 12.6. The number of imide groups is 1. The van der Waals surface area contributed by atoms with Crippen LogP contribution >= 0.6 is 0 Å². The number of ether oxygens (including phenoxy) is 2. The van der Waals surface area contributed by atoms with Crippen LogP contribution in [0.4, 0.5) is 4.79 Å². The molecule has 2 aliphatic heterocycles. The second kappa shape index (κ2) is 6.47. The number of amides is 3. The zero-order chi connectivity index (χ0) is 20.1. The number of nitrogens with zero attached hydrogens (tertiary/aromatic N) is 1. The molecule has 2 aliphatic rings. The smallest absolute Gasteiger partial charge is 0.417 e. The van der Waals surface area contributed by atoms with Crippen molar-refractivity contribution in [1.29, 1.82) is 0 Å². The van der Waals surface area contributed by atoms with Crippen LogP contribution in [-0.4, -0.2) is 63.7 Å². The SMILES string of the molecule is C[C@@H]1[C@H](NC(O)OC(C)(C)C)C(=O)NC12CN(C(=O)OC(C)(C)C)C2=O. The fourth-order valence-corrected chi connectivity index (χ4v) is 3.10. The monoisotopic (exact) mass is 371 g/mol. The molecule has 26 heavy (non-hydrogen) atoms.